The Kier molecular flexibility index (Phi) is 5.94. The Balaban J connectivity index is 2.87. The van der Waals surface area contributed by atoms with Crippen LogP contribution in [-0.4, -0.2) is 19.1 Å². The molecule has 1 aromatic carbocycles. The molecule has 0 heterocycles. The van der Waals surface area contributed by atoms with Crippen LogP contribution in [0, 0.1) is 11.7 Å². The quantitative estimate of drug-likeness (QED) is 0.840. The van der Waals surface area contributed by atoms with Gasteiger partial charge in [-0.25, -0.2) is 4.39 Å². The molecule has 0 aromatic heterocycles. The molecule has 0 radical (unpaired) electrons. The van der Waals surface area contributed by atoms with Crippen LogP contribution in [0.4, 0.5) is 4.39 Å². The summed E-state index contributed by atoms with van der Waals surface area (Å²) in [5, 5.41) is 3.11. The molecule has 5 heteroatoms. The summed E-state index contributed by atoms with van der Waals surface area (Å²) in [5.74, 6) is -0.575. The van der Waals surface area contributed by atoms with Crippen LogP contribution in [0.5, 0.6) is 0 Å². The van der Waals surface area contributed by atoms with E-state index in [0.29, 0.717) is 10.0 Å². The molecule has 106 valence electrons. The van der Waals surface area contributed by atoms with Gasteiger partial charge in [0.2, 0.25) is 0 Å². The van der Waals surface area contributed by atoms with Crippen molar-refractivity contribution in [2.75, 3.05) is 7.11 Å². The molecule has 1 N–H and O–H groups in total. The van der Waals surface area contributed by atoms with E-state index in [2.05, 4.69) is 21.2 Å². The molecule has 0 aliphatic rings. The first kappa shape index (κ1) is 16.1. The van der Waals surface area contributed by atoms with Crippen molar-refractivity contribution in [2.45, 2.75) is 32.9 Å². The zero-order valence-electron chi connectivity index (χ0n) is 11.5. The van der Waals surface area contributed by atoms with Crippen LogP contribution in [0.2, 0.25) is 0 Å². The highest BCUT2D eigenvalue weighted by Crippen LogP contribution is 2.22. The predicted molar refractivity (Wildman–Crippen MR) is 76.3 cm³/mol. The fourth-order valence-corrected chi connectivity index (χ4v) is 2.20. The van der Waals surface area contributed by atoms with Crippen LogP contribution in [0.1, 0.15) is 32.4 Å². The maximum Gasteiger partial charge on any atom is 0.323 e. The zero-order valence-corrected chi connectivity index (χ0v) is 13.1. The molecule has 1 aromatic rings. The molecule has 0 bridgehead atoms. The second kappa shape index (κ2) is 7.01. The summed E-state index contributed by atoms with van der Waals surface area (Å²) in [6, 6.07) is 4.16. The van der Waals surface area contributed by atoms with Crippen molar-refractivity contribution in [3.8, 4) is 0 Å². The van der Waals surface area contributed by atoms with Gasteiger partial charge in [-0.15, -0.1) is 0 Å². The second-order valence-electron chi connectivity index (χ2n) is 4.80. The van der Waals surface area contributed by atoms with E-state index < -0.39 is 6.04 Å². The lowest BCUT2D eigenvalue weighted by Gasteiger charge is -2.24. The maximum absolute atomic E-state index is 13.8. The van der Waals surface area contributed by atoms with Crippen molar-refractivity contribution >= 4 is 21.9 Å². The van der Waals surface area contributed by atoms with Gasteiger partial charge in [0.05, 0.1) is 7.11 Å². The minimum absolute atomic E-state index is 0.0633. The molecule has 1 unspecified atom stereocenters. The number of nitrogens with one attached hydrogen (secondary N) is 1. The number of halogens is 2. The monoisotopic (exact) mass is 331 g/mol. The Labute approximate surface area is 121 Å². The number of methoxy groups -OCH3 is 1. The Bertz CT molecular complexity index is 451. The van der Waals surface area contributed by atoms with Crippen LogP contribution < -0.4 is 5.32 Å². The second-order valence-corrected chi connectivity index (χ2v) is 5.71. The number of rotatable bonds is 5. The lowest BCUT2D eigenvalue weighted by Crippen LogP contribution is -2.43. The van der Waals surface area contributed by atoms with Crippen LogP contribution in [0.25, 0.3) is 0 Å². The van der Waals surface area contributed by atoms with Gasteiger partial charge < -0.3 is 4.74 Å². The fourth-order valence-electron chi connectivity index (χ4n) is 1.87. The van der Waals surface area contributed by atoms with Crippen molar-refractivity contribution in [3.63, 3.8) is 0 Å². The summed E-state index contributed by atoms with van der Waals surface area (Å²) < 4.78 is 19.3. The predicted octanol–water partition coefficient (Wildman–Crippen LogP) is 3.44. The van der Waals surface area contributed by atoms with Gasteiger partial charge in [0.25, 0.3) is 0 Å². The van der Waals surface area contributed by atoms with Gasteiger partial charge in [0.1, 0.15) is 11.9 Å². The van der Waals surface area contributed by atoms with Crippen molar-refractivity contribution < 1.29 is 13.9 Å². The van der Waals surface area contributed by atoms with Crippen LogP contribution >= 0.6 is 15.9 Å². The largest absolute Gasteiger partial charge is 0.468 e. The van der Waals surface area contributed by atoms with Gasteiger partial charge in [0.15, 0.2) is 0 Å². The maximum atomic E-state index is 13.8. The smallest absolute Gasteiger partial charge is 0.323 e. The standard InChI is InChI=1S/C14H19BrFNO2/c1-8(2)13(14(18)19-4)17-9(3)11-6-5-10(15)7-12(11)16/h5-9,13,17H,1-4H3/t9?,13-/m0/s1. The Morgan fingerprint density at radius 1 is 1.37 bits per heavy atom. The first-order chi connectivity index (χ1) is 8.86. The normalized spacial score (nSPS) is 14.3. The first-order valence-corrected chi connectivity index (χ1v) is 6.95. The van der Waals surface area contributed by atoms with E-state index in [4.69, 9.17) is 4.74 Å². The molecule has 0 aliphatic carbocycles. The van der Waals surface area contributed by atoms with E-state index >= 15 is 0 Å². The Hall–Kier alpha value is -0.940. The number of ether oxygens (including phenoxy) is 1. The van der Waals surface area contributed by atoms with Crippen molar-refractivity contribution in [2.24, 2.45) is 5.92 Å². The molecule has 0 spiro atoms. The summed E-state index contributed by atoms with van der Waals surface area (Å²) in [4.78, 5) is 11.7. The number of hydrogen-bond donors (Lipinski definition) is 1. The highest BCUT2D eigenvalue weighted by atomic mass is 79.9. The average Bonchev–Trinajstić information content (AvgIpc) is 2.34. The molecule has 19 heavy (non-hydrogen) atoms. The summed E-state index contributed by atoms with van der Waals surface area (Å²) in [7, 11) is 1.35. The molecule has 0 saturated carbocycles. The molecule has 0 aliphatic heterocycles. The number of carbonyl (C=O) groups excluding carboxylic acids is 1. The number of esters is 1. The lowest BCUT2D eigenvalue weighted by atomic mass is 10.0. The van der Waals surface area contributed by atoms with Crippen LogP contribution in [-0.2, 0) is 9.53 Å². The van der Waals surface area contributed by atoms with Crippen molar-refractivity contribution in [1.29, 1.82) is 0 Å². The topological polar surface area (TPSA) is 38.3 Å². The molecular weight excluding hydrogens is 313 g/mol. The Morgan fingerprint density at radius 3 is 2.47 bits per heavy atom. The van der Waals surface area contributed by atoms with Gasteiger partial charge in [-0.1, -0.05) is 35.8 Å². The van der Waals surface area contributed by atoms with E-state index in [9.17, 15) is 9.18 Å². The molecule has 1 rings (SSSR count). The summed E-state index contributed by atoms with van der Waals surface area (Å²) in [6.07, 6.45) is 0. The zero-order chi connectivity index (χ0) is 14.6. The third kappa shape index (κ3) is 4.28. The molecule has 0 fully saturated rings. The molecule has 0 amide bonds. The third-order valence-electron chi connectivity index (χ3n) is 2.98. The summed E-state index contributed by atoms with van der Waals surface area (Å²) >= 11 is 3.22. The van der Waals surface area contributed by atoms with Gasteiger partial charge in [-0.2, -0.15) is 0 Å². The van der Waals surface area contributed by atoms with E-state index in [0.717, 1.165) is 0 Å². The number of hydrogen-bond acceptors (Lipinski definition) is 3. The first-order valence-electron chi connectivity index (χ1n) is 6.15. The average molecular weight is 332 g/mol. The van der Waals surface area contributed by atoms with Gasteiger partial charge in [-0.3, -0.25) is 10.1 Å². The highest BCUT2D eigenvalue weighted by Gasteiger charge is 2.25. The minimum atomic E-state index is -0.456. The van der Waals surface area contributed by atoms with E-state index in [-0.39, 0.29) is 23.7 Å². The van der Waals surface area contributed by atoms with Gasteiger partial charge in [-0.05, 0) is 25.0 Å². The van der Waals surface area contributed by atoms with Gasteiger partial charge >= 0.3 is 5.97 Å². The van der Waals surface area contributed by atoms with Crippen LogP contribution in [0.15, 0.2) is 22.7 Å². The van der Waals surface area contributed by atoms with Crippen molar-refractivity contribution in [3.05, 3.63) is 34.1 Å². The molecule has 3 nitrogen and oxygen atoms in total. The third-order valence-corrected chi connectivity index (χ3v) is 3.47. The number of benzene rings is 1. The minimum Gasteiger partial charge on any atom is -0.468 e. The van der Waals surface area contributed by atoms with Crippen LogP contribution in [0.3, 0.4) is 0 Å². The SMILES string of the molecule is COC(=O)[C@@H](NC(C)c1ccc(Br)cc1F)C(C)C. The molecule has 2 atom stereocenters. The lowest BCUT2D eigenvalue weighted by molar-refractivity contribution is -0.144. The highest BCUT2D eigenvalue weighted by molar-refractivity contribution is 9.10. The van der Waals surface area contributed by atoms with E-state index in [1.165, 1.54) is 13.2 Å². The van der Waals surface area contributed by atoms with E-state index in [1.807, 2.05) is 20.8 Å². The Morgan fingerprint density at radius 2 is 2.00 bits per heavy atom. The van der Waals surface area contributed by atoms with Crippen molar-refractivity contribution in [1.82, 2.24) is 5.32 Å². The summed E-state index contributed by atoms with van der Waals surface area (Å²) in [6.45, 7) is 5.66. The molecular formula is C14H19BrFNO2. The molecule has 0 saturated heterocycles. The number of carbonyl (C=O) groups is 1. The van der Waals surface area contributed by atoms with E-state index in [1.54, 1.807) is 12.1 Å². The summed E-state index contributed by atoms with van der Waals surface area (Å²) in [5.41, 5.74) is 0.526. The van der Waals surface area contributed by atoms with Gasteiger partial charge in [0, 0.05) is 16.1 Å². The fraction of sp³-hybridized carbons (Fsp3) is 0.500.